The first kappa shape index (κ1) is 55.3. The minimum atomic E-state index is -0.558. The van der Waals surface area contributed by atoms with Crippen molar-refractivity contribution in [2.75, 3.05) is 77.5 Å². The number of carbonyl (C=O) groups excluding carboxylic acids is 5. The SMILES string of the molecule is CN1CCC(Nc2cccc([C-]=O)c2)(c2nc(-c3ccncc3)n[nH]2)CC1.CNc1cccc2c1CN(C1CCC(=O)NC1=O)C2=O.O=CCOCCCOCCCCCOc1ccc2c(c1)CCCO2.[Na+]. The van der Waals surface area contributed by atoms with E-state index in [1.165, 1.54) is 5.56 Å². The number of hydrogen-bond acceptors (Lipinski definition) is 15. The average molecular weight is 994 g/mol. The van der Waals surface area contributed by atoms with Crippen LogP contribution in [0.25, 0.3) is 11.4 Å². The summed E-state index contributed by atoms with van der Waals surface area (Å²) in [6.07, 6.45) is 14.7. The van der Waals surface area contributed by atoms with Gasteiger partial charge in [0.1, 0.15) is 30.4 Å². The predicted octanol–water partition coefficient (Wildman–Crippen LogP) is 3.03. The number of pyridine rings is 1. The van der Waals surface area contributed by atoms with Crippen molar-refractivity contribution in [1.29, 1.82) is 0 Å². The number of benzene rings is 3. The molecule has 72 heavy (non-hydrogen) atoms. The Morgan fingerprint density at radius 1 is 0.917 bits per heavy atom. The molecule has 18 nitrogen and oxygen atoms in total. The normalized spacial score (nSPS) is 16.7. The van der Waals surface area contributed by atoms with Gasteiger partial charge in [-0.2, -0.15) is 11.2 Å². The summed E-state index contributed by atoms with van der Waals surface area (Å²) >= 11 is 0. The predicted molar refractivity (Wildman–Crippen MR) is 267 cm³/mol. The fraction of sp³-hybridized carbons (Fsp3) is 0.434. The van der Waals surface area contributed by atoms with Gasteiger partial charge in [-0.3, -0.25) is 29.8 Å². The summed E-state index contributed by atoms with van der Waals surface area (Å²) in [6, 6.07) is 22.2. The summed E-state index contributed by atoms with van der Waals surface area (Å²) in [7, 11) is 3.92. The number of rotatable bonds is 20. The Balaban J connectivity index is 0.000000177. The molecule has 0 saturated carbocycles. The molecule has 6 heterocycles. The summed E-state index contributed by atoms with van der Waals surface area (Å²) in [5.41, 5.74) is 5.64. The molecule has 4 aliphatic heterocycles. The van der Waals surface area contributed by atoms with Crippen molar-refractivity contribution in [2.24, 2.45) is 0 Å². The molecule has 19 heteroatoms. The molecule has 4 N–H and O–H groups in total. The Hall–Kier alpha value is -6.02. The first-order valence-electron chi connectivity index (χ1n) is 24.4. The minimum absolute atomic E-state index is 0. The van der Waals surface area contributed by atoms with Crippen molar-refractivity contribution < 1.29 is 72.5 Å². The van der Waals surface area contributed by atoms with E-state index in [1.54, 1.807) is 36.5 Å². The summed E-state index contributed by atoms with van der Waals surface area (Å²) in [6.45, 7) is 6.05. The Morgan fingerprint density at radius 3 is 2.47 bits per heavy atom. The number of imide groups is 1. The maximum atomic E-state index is 12.4. The van der Waals surface area contributed by atoms with Crippen LogP contribution in [0.3, 0.4) is 0 Å². The number of ether oxygens (including phenoxy) is 4. The number of aromatic nitrogens is 4. The molecule has 2 fully saturated rings. The molecule has 4 aliphatic rings. The number of fused-ring (bicyclic) bond motifs is 2. The standard InChI is InChI=1S/C20H21N6O.C19H28O5.C14H15N3O3.Na/c1-26-11-7-20(8-12-26,23-17-4-2-3-15(13-17)14-27)19-22-18(24-25-19)16-5-9-21-10-6-16;20-9-15-22-12-5-11-21-10-2-1-3-13-23-18-7-8-19-17(16-18)6-4-14-24-19;1-15-10-4-2-3-8-9(10)7-17(14(8)20)11-5-6-12(18)16-13(11)19;/h2-6,9-10,13,23H,7-8,11-12H2,1H3,(H,22,24,25);7-9,16H,1-6,10-15H2;2-4,11,15H,5-7H2,1H3,(H,16,18,19);/q-1;;;+1. The first-order chi connectivity index (χ1) is 34.7. The van der Waals surface area contributed by atoms with Crippen LogP contribution in [0.1, 0.15) is 90.7 Å². The quantitative estimate of drug-likeness (QED) is 0.0290. The van der Waals surface area contributed by atoms with E-state index in [4.69, 9.17) is 23.9 Å². The number of aryl methyl sites for hydroxylation is 1. The van der Waals surface area contributed by atoms with Gasteiger partial charge in [-0.05, 0) is 119 Å². The molecule has 3 amide bonds. The molecule has 0 spiro atoms. The number of unbranched alkanes of at least 4 members (excludes halogenated alkanes) is 2. The van der Waals surface area contributed by atoms with Gasteiger partial charge < -0.3 is 49.0 Å². The maximum absolute atomic E-state index is 12.4. The third kappa shape index (κ3) is 15.3. The minimum Gasteiger partial charge on any atom is -0.494 e. The van der Waals surface area contributed by atoms with E-state index < -0.39 is 6.04 Å². The largest absolute Gasteiger partial charge is 1.00 e. The third-order valence-corrected chi connectivity index (χ3v) is 12.8. The van der Waals surface area contributed by atoms with Gasteiger partial charge >= 0.3 is 29.6 Å². The van der Waals surface area contributed by atoms with Gasteiger partial charge in [-0.15, -0.1) is 17.7 Å². The zero-order valence-corrected chi connectivity index (χ0v) is 43.6. The van der Waals surface area contributed by atoms with Gasteiger partial charge in [0.2, 0.25) is 11.8 Å². The number of aromatic amines is 1. The van der Waals surface area contributed by atoms with E-state index in [0.29, 0.717) is 43.1 Å². The van der Waals surface area contributed by atoms with Crippen molar-refractivity contribution in [3.8, 4) is 22.9 Å². The van der Waals surface area contributed by atoms with E-state index in [1.807, 2.05) is 60.9 Å². The number of amides is 3. The van der Waals surface area contributed by atoms with Crippen LogP contribution in [0.5, 0.6) is 11.5 Å². The van der Waals surface area contributed by atoms with E-state index in [0.717, 1.165) is 130 Å². The smallest absolute Gasteiger partial charge is 0.494 e. The maximum Gasteiger partial charge on any atom is 1.00 e. The van der Waals surface area contributed by atoms with Crippen molar-refractivity contribution in [3.05, 3.63) is 113 Å². The Kier molecular flexibility index (Phi) is 21.7. The number of anilines is 2. The van der Waals surface area contributed by atoms with Gasteiger partial charge in [-0.1, -0.05) is 12.1 Å². The molecule has 2 aromatic heterocycles. The fourth-order valence-electron chi connectivity index (χ4n) is 8.88. The molecule has 3 aromatic carbocycles. The van der Waals surface area contributed by atoms with Gasteiger partial charge in [0.15, 0.2) is 11.6 Å². The second-order valence-corrected chi connectivity index (χ2v) is 17.8. The Morgan fingerprint density at radius 2 is 1.69 bits per heavy atom. The van der Waals surface area contributed by atoms with Crippen LogP contribution in [-0.4, -0.2) is 133 Å². The summed E-state index contributed by atoms with van der Waals surface area (Å²) in [5, 5.41) is 16.5. The second-order valence-electron chi connectivity index (χ2n) is 17.8. The summed E-state index contributed by atoms with van der Waals surface area (Å²) in [5.74, 6) is 2.60. The van der Waals surface area contributed by atoms with Gasteiger partial charge in [-0.25, -0.2) is 4.98 Å². The van der Waals surface area contributed by atoms with Crippen LogP contribution in [-0.2, 0) is 47.2 Å². The van der Waals surface area contributed by atoms with Crippen molar-refractivity contribution >= 4 is 41.7 Å². The number of aldehydes is 1. The summed E-state index contributed by atoms with van der Waals surface area (Å²) < 4.78 is 22.0. The Bertz CT molecular complexity index is 2560. The van der Waals surface area contributed by atoms with Gasteiger partial charge in [0, 0.05) is 87.7 Å². The molecule has 1 atom stereocenters. The Labute approximate surface area is 443 Å². The van der Waals surface area contributed by atoms with E-state index in [9.17, 15) is 24.0 Å². The van der Waals surface area contributed by atoms with E-state index in [-0.39, 0.29) is 65.8 Å². The number of nitrogens with zero attached hydrogens (tertiary/aromatic N) is 5. The molecule has 5 aromatic rings. The van der Waals surface area contributed by atoms with E-state index in [2.05, 4.69) is 49.1 Å². The van der Waals surface area contributed by atoms with Crippen molar-refractivity contribution in [3.63, 3.8) is 0 Å². The molecule has 0 aliphatic carbocycles. The topological polar surface area (TPSA) is 219 Å². The zero-order valence-electron chi connectivity index (χ0n) is 41.6. The van der Waals surface area contributed by atoms with Crippen LogP contribution in [0.4, 0.5) is 11.4 Å². The number of nitrogens with one attached hydrogen (secondary N) is 4. The molecule has 2 saturated heterocycles. The average Bonchev–Trinajstić information content (AvgIpc) is 4.04. The number of hydrogen-bond donors (Lipinski definition) is 4. The number of carbonyl (C=O) groups is 4. The molecule has 0 bridgehead atoms. The van der Waals surface area contributed by atoms with Crippen LogP contribution in [0.2, 0.25) is 0 Å². The van der Waals surface area contributed by atoms with Crippen LogP contribution in [0, 0.1) is 0 Å². The molecule has 0 radical (unpaired) electrons. The third-order valence-electron chi connectivity index (χ3n) is 12.8. The summed E-state index contributed by atoms with van der Waals surface area (Å²) in [4.78, 5) is 69.3. The zero-order chi connectivity index (χ0) is 49.8. The van der Waals surface area contributed by atoms with Crippen molar-refractivity contribution in [2.45, 2.75) is 82.3 Å². The molecule has 1 unspecified atom stereocenters. The first-order valence-corrected chi connectivity index (χ1v) is 24.4. The fourth-order valence-corrected chi connectivity index (χ4v) is 8.88. The van der Waals surface area contributed by atoms with Crippen LogP contribution >= 0.6 is 0 Å². The number of likely N-dealkylation sites (tertiary alicyclic amines) is 1. The monoisotopic (exact) mass is 993 g/mol. The van der Waals surface area contributed by atoms with Gasteiger partial charge in [0.25, 0.3) is 5.91 Å². The number of H-pyrrole nitrogens is 1. The van der Waals surface area contributed by atoms with Crippen LogP contribution < -0.4 is 55.0 Å². The second kappa shape index (κ2) is 28.3. The molecular formula is C53H64N9NaO9. The molecule has 376 valence electrons. The molecule has 9 rings (SSSR count). The van der Waals surface area contributed by atoms with Gasteiger partial charge in [0.05, 0.1) is 25.0 Å². The number of piperidine rings is 2. The van der Waals surface area contributed by atoms with E-state index >= 15 is 0 Å². The van der Waals surface area contributed by atoms with Crippen molar-refractivity contribution in [1.82, 2.24) is 35.3 Å². The van der Waals surface area contributed by atoms with Crippen LogP contribution in [0.15, 0.2) is 85.2 Å². The molecular weight excluding hydrogens is 930 g/mol.